The lowest BCUT2D eigenvalue weighted by atomic mass is 9.98. The highest BCUT2D eigenvalue weighted by Gasteiger charge is 2.01. The van der Waals surface area contributed by atoms with Crippen molar-refractivity contribution < 1.29 is 0 Å². The maximum Gasteiger partial charge on any atom is 0.0312 e. The first kappa shape index (κ1) is 8.87. The van der Waals surface area contributed by atoms with Crippen LogP contribution >= 0.6 is 0 Å². The van der Waals surface area contributed by atoms with E-state index in [2.05, 4.69) is 25.8 Å². The SMILES string of the molecule is C#Cc1c(CC)[c]ccc1CC. The average Bonchev–Trinajstić information content (AvgIpc) is 2.16. The van der Waals surface area contributed by atoms with Gasteiger partial charge < -0.3 is 0 Å². The zero-order valence-corrected chi connectivity index (χ0v) is 7.65. The Morgan fingerprint density at radius 2 is 2.17 bits per heavy atom. The zero-order valence-electron chi connectivity index (χ0n) is 7.65. The molecule has 61 valence electrons. The van der Waals surface area contributed by atoms with Crippen LogP contribution in [0.25, 0.3) is 0 Å². The van der Waals surface area contributed by atoms with E-state index in [9.17, 15) is 0 Å². The molecule has 0 aliphatic carbocycles. The lowest BCUT2D eigenvalue weighted by Gasteiger charge is -2.05. The molecule has 0 spiro atoms. The third kappa shape index (κ3) is 1.51. The van der Waals surface area contributed by atoms with Gasteiger partial charge in [0.25, 0.3) is 0 Å². The maximum absolute atomic E-state index is 5.43. The van der Waals surface area contributed by atoms with Crippen molar-refractivity contribution in [2.75, 3.05) is 0 Å². The van der Waals surface area contributed by atoms with Gasteiger partial charge in [0.15, 0.2) is 0 Å². The van der Waals surface area contributed by atoms with E-state index >= 15 is 0 Å². The Labute approximate surface area is 74.6 Å². The summed E-state index contributed by atoms with van der Waals surface area (Å²) in [6, 6.07) is 7.18. The van der Waals surface area contributed by atoms with E-state index in [1.807, 2.05) is 12.1 Å². The molecule has 0 amide bonds. The van der Waals surface area contributed by atoms with Crippen LogP contribution in [0.5, 0.6) is 0 Å². The van der Waals surface area contributed by atoms with Gasteiger partial charge in [0, 0.05) is 5.56 Å². The second-order valence-electron chi connectivity index (χ2n) is 2.71. The monoisotopic (exact) mass is 157 g/mol. The van der Waals surface area contributed by atoms with E-state index < -0.39 is 0 Å². The number of aryl methyl sites for hydroxylation is 2. The van der Waals surface area contributed by atoms with Gasteiger partial charge >= 0.3 is 0 Å². The lowest BCUT2D eigenvalue weighted by molar-refractivity contribution is 1.07. The van der Waals surface area contributed by atoms with Crippen LogP contribution < -0.4 is 0 Å². The maximum atomic E-state index is 5.43. The van der Waals surface area contributed by atoms with Crippen molar-refractivity contribution in [3.8, 4) is 12.3 Å². The molecule has 0 heteroatoms. The highest BCUT2D eigenvalue weighted by Crippen LogP contribution is 2.14. The second-order valence-corrected chi connectivity index (χ2v) is 2.71. The normalized spacial score (nSPS) is 9.42. The van der Waals surface area contributed by atoms with Gasteiger partial charge in [-0.25, -0.2) is 0 Å². The van der Waals surface area contributed by atoms with Crippen LogP contribution in [0.3, 0.4) is 0 Å². The van der Waals surface area contributed by atoms with Crippen LogP contribution in [-0.4, -0.2) is 0 Å². The van der Waals surface area contributed by atoms with Crippen LogP contribution in [-0.2, 0) is 12.8 Å². The summed E-state index contributed by atoms with van der Waals surface area (Å²) in [7, 11) is 0. The molecule has 0 heterocycles. The molecule has 0 N–H and O–H groups in total. The zero-order chi connectivity index (χ0) is 8.97. The standard InChI is InChI=1S/C12H13/c1-4-10-8-7-9-11(5-2)12(10)6-3/h3,7-8H,4-5H2,1-2H3. The largest absolute Gasteiger partial charge is 0.115 e. The van der Waals surface area contributed by atoms with Crippen molar-refractivity contribution in [3.05, 3.63) is 34.9 Å². The van der Waals surface area contributed by atoms with Gasteiger partial charge in [-0.15, -0.1) is 6.42 Å². The van der Waals surface area contributed by atoms with E-state index in [4.69, 9.17) is 6.42 Å². The minimum Gasteiger partial charge on any atom is -0.115 e. The van der Waals surface area contributed by atoms with Gasteiger partial charge in [-0.2, -0.15) is 0 Å². The molecule has 1 aromatic rings. The fourth-order valence-electron chi connectivity index (χ4n) is 1.35. The van der Waals surface area contributed by atoms with Gasteiger partial charge in [-0.1, -0.05) is 31.9 Å². The third-order valence-electron chi connectivity index (χ3n) is 2.04. The molecule has 0 nitrogen and oxygen atoms in total. The number of benzene rings is 1. The predicted octanol–water partition coefficient (Wildman–Crippen LogP) is 2.59. The fraction of sp³-hybridized carbons (Fsp3) is 0.333. The molecule has 0 aromatic heterocycles. The molecule has 0 saturated carbocycles. The van der Waals surface area contributed by atoms with Crippen LogP contribution in [0.1, 0.15) is 30.5 Å². The van der Waals surface area contributed by atoms with Gasteiger partial charge in [0.2, 0.25) is 0 Å². The molecular weight excluding hydrogens is 144 g/mol. The molecule has 1 radical (unpaired) electrons. The second kappa shape index (κ2) is 3.97. The van der Waals surface area contributed by atoms with Crippen LogP contribution in [0.4, 0.5) is 0 Å². The summed E-state index contributed by atoms with van der Waals surface area (Å²) in [5.74, 6) is 2.73. The van der Waals surface area contributed by atoms with Crippen molar-refractivity contribution in [2.24, 2.45) is 0 Å². The Bertz CT molecular complexity index is 280. The fourth-order valence-corrected chi connectivity index (χ4v) is 1.35. The topological polar surface area (TPSA) is 0 Å². The van der Waals surface area contributed by atoms with E-state index in [-0.39, 0.29) is 0 Å². The smallest absolute Gasteiger partial charge is 0.0312 e. The van der Waals surface area contributed by atoms with Crippen LogP contribution in [0, 0.1) is 18.4 Å². The van der Waals surface area contributed by atoms with E-state index in [1.165, 1.54) is 5.56 Å². The number of terminal acetylenes is 1. The molecule has 0 fully saturated rings. The highest BCUT2D eigenvalue weighted by molar-refractivity contribution is 5.45. The van der Waals surface area contributed by atoms with Gasteiger partial charge in [-0.3, -0.25) is 0 Å². The Balaban J connectivity index is 3.25. The molecule has 0 saturated heterocycles. The first-order chi connectivity index (χ1) is 5.83. The Kier molecular flexibility index (Phi) is 2.94. The van der Waals surface area contributed by atoms with Crippen molar-refractivity contribution in [1.82, 2.24) is 0 Å². The number of rotatable bonds is 2. The van der Waals surface area contributed by atoms with Gasteiger partial charge in [0.1, 0.15) is 0 Å². The van der Waals surface area contributed by atoms with Crippen molar-refractivity contribution in [2.45, 2.75) is 26.7 Å². The molecule has 0 aliphatic rings. The summed E-state index contributed by atoms with van der Waals surface area (Å²) < 4.78 is 0. The van der Waals surface area contributed by atoms with Crippen LogP contribution in [0.2, 0.25) is 0 Å². The molecular formula is C12H13. The van der Waals surface area contributed by atoms with Crippen molar-refractivity contribution in [3.63, 3.8) is 0 Å². The lowest BCUT2D eigenvalue weighted by Crippen LogP contribution is -1.93. The van der Waals surface area contributed by atoms with E-state index in [0.29, 0.717) is 0 Å². The Hall–Kier alpha value is -1.22. The molecule has 0 bridgehead atoms. The molecule has 1 rings (SSSR count). The van der Waals surface area contributed by atoms with Gasteiger partial charge in [-0.05, 0) is 30.0 Å². The Morgan fingerprint density at radius 1 is 1.42 bits per heavy atom. The summed E-state index contributed by atoms with van der Waals surface area (Å²) >= 11 is 0. The minimum atomic E-state index is 0.966. The molecule has 0 unspecified atom stereocenters. The van der Waals surface area contributed by atoms with E-state index in [1.54, 1.807) is 0 Å². The van der Waals surface area contributed by atoms with E-state index in [0.717, 1.165) is 24.0 Å². The van der Waals surface area contributed by atoms with Crippen molar-refractivity contribution >= 4 is 0 Å². The molecule has 0 atom stereocenters. The summed E-state index contributed by atoms with van der Waals surface area (Å²) in [5, 5.41) is 0. The summed E-state index contributed by atoms with van der Waals surface area (Å²) in [6.07, 6.45) is 7.40. The van der Waals surface area contributed by atoms with Crippen molar-refractivity contribution in [1.29, 1.82) is 0 Å². The number of hydrogen-bond acceptors (Lipinski definition) is 0. The third-order valence-corrected chi connectivity index (χ3v) is 2.04. The minimum absolute atomic E-state index is 0.966. The number of hydrogen-bond donors (Lipinski definition) is 0. The summed E-state index contributed by atoms with van der Waals surface area (Å²) in [6.45, 7) is 4.22. The molecule has 12 heavy (non-hydrogen) atoms. The van der Waals surface area contributed by atoms with Crippen LogP contribution in [0.15, 0.2) is 12.1 Å². The average molecular weight is 157 g/mol. The predicted molar refractivity (Wildman–Crippen MR) is 52.0 cm³/mol. The first-order valence-electron chi connectivity index (χ1n) is 4.32. The quantitative estimate of drug-likeness (QED) is 0.579. The first-order valence-corrected chi connectivity index (χ1v) is 4.32. The highest BCUT2D eigenvalue weighted by atomic mass is 14.0. The Morgan fingerprint density at radius 3 is 2.67 bits per heavy atom. The van der Waals surface area contributed by atoms with Gasteiger partial charge in [0.05, 0.1) is 0 Å². The molecule has 1 aromatic carbocycles. The summed E-state index contributed by atoms with van der Waals surface area (Å²) in [5.41, 5.74) is 3.47. The molecule has 0 aliphatic heterocycles. The summed E-state index contributed by atoms with van der Waals surface area (Å²) in [4.78, 5) is 0.